The van der Waals surface area contributed by atoms with E-state index in [0.29, 0.717) is 22.9 Å². The number of hydrazine groups is 1. The molecule has 0 radical (unpaired) electrons. The minimum Gasteiger partial charge on any atom is -0.348 e. The highest BCUT2D eigenvalue weighted by molar-refractivity contribution is 6.33. The number of hydrogen-bond acceptors (Lipinski definition) is 5. The number of hydrogen-bond donors (Lipinski definition) is 3. The van der Waals surface area contributed by atoms with Crippen molar-refractivity contribution >= 4 is 23.3 Å². The summed E-state index contributed by atoms with van der Waals surface area (Å²) in [6.45, 7) is 2.43. The van der Waals surface area contributed by atoms with E-state index in [2.05, 4.69) is 20.8 Å². The molecule has 4 N–H and O–H groups in total. The number of pyridine rings is 1. The minimum absolute atomic E-state index is 0.251. The average Bonchev–Trinajstić information content (AvgIpc) is 2.84. The van der Waals surface area contributed by atoms with Crippen LogP contribution in [0.3, 0.4) is 0 Å². The molecule has 112 valence electrons. The van der Waals surface area contributed by atoms with Crippen molar-refractivity contribution in [1.29, 1.82) is 0 Å². The van der Waals surface area contributed by atoms with Crippen LogP contribution in [0.25, 0.3) is 0 Å². The van der Waals surface area contributed by atoms with E-state index in [1.807, 2.05) is 20.2 Å². The van der Waals surface area contributed by atoms with E-state index in [4.69, 9.17) is 17.4 Å². The number of carbonyl (C=O) groups excluding carboxylic acids is 1. The summed E-state index contributed by atoms with van der Waals surface area (Å²) < 4.78 is 1.74. The Labute approximate surface area is 127 Å². The van der Waals surface area contributed by atoms with Crippen molar-refractivity contribution in [2.45, 2.75) is 19.9 Å². The SMILES string of the molecule is CCc1nn(C)cc1CNC(=O)c1cnc(NN)c(Cl)c1. The lowest BCUT2D eigenvalue weighted by molar-refractivity contribution is 0.0950. The van der Waals surface area contributed by atoms with Crippen molar-refractivity contribution in [3.05, 3.63) is 40.3 Å². The summed E-state index contributed by atoms with van der Waals surface area (Å²) in [5.74, 6) is 5.32. The topological polar surface area (TPSA) is 97.9 Å². The first-order valence-corrected chi connectivity index (χ1v) is 6.84. The van der Waals surface area contributed by atoms with Gasteiger partial charge in [0, 0.05) is 31.5 Å². The summed E-state index contributed by atoms with van der Waals surface area (Å²) in [6, 6.07) is 1.52. The summed E-state index contributed by atoms with van der Waals surface area (Å²) in [7, 11) is 1.85. The fraction of sp³-hybridized carbons (Fsp3) is 0.308. The normalized spacial score (nSPS) is 10.5. The summed E-state index contributed by atoms with van der Waals surface area (Å²) in [6.07, 6.45) is 4.13. The van der Waals surface area contributed by atoms with E-state index in [1.165, 1.54) is 12.3 Å². The first-order valence-electron chi connectivity index (χ1n) is 6.47. The zero-order valence-corrected chi connectivity index (χ0v) is 12.6. The lowest BCUT2D eigenvalue weighted by atomic mass is 10.2. The standard InChI is InChI=1S/C13H17ClN6O/c1-3-11-9(7-20(2)19-11)6-17-13(21)8-4-10(14)12(18-15)16-5-8/h4-5,7H,3,6,15H2,1-2H3,(H,16,18)(H,17,21). The zero-order valence-electron chi connectivity index (χ0n) is 11.9. The second kappa shape index (κ2) is 6.55. The van der Waals surface area contributed by atoms with Gasteiger partial charge in [-0.25, -0.2) is 10.8 Å². The Morgan fingerprint density at radius 3 is 2.90 bits per heavy atom. The minimum atomic E-state index is -0.251. The number of nitrogens with zero attached hydrogens (tertiary/aromatic N) is 3. The summed E-state index contributed by atoms with van der Waals surface area (Å²) >= 11 is 5.94. The lowest BCUT2D eigenvalue weighted by Crippen LogP contribution is -2.23. The van der Waals surface area contributed by atoms with Crippen LogP contribution >= 0.6 is 11.6 Å². The Balaban J connectivity index is 2.06. The molecule has 0 aliphatic heterocycles. The number of halogens is 1. The van der Waals surface area contributed by atoms with Crippen molar-refractivity contribution in [3.63, 3.8) is 0 Å². The molecule has 0 aliphatic carbocycles. The largest absolute Gasteiger partial charge is 0.348 e. The van der Waals surface area contributed by atoms with Crippen LogP contribution in [0, 0.1) is 0 Å². The quantitative estimate of drug-likeness (QED) is 0.570. The first kappa shape index (κ1) is 15.3. The maximum absolute atomic E-state index is 12.1. The number of aromatic nitrogens is 3. The van der Waals surface area contributed by atoms with Crippen LogP contribution in [-0.4, -0.2) is 20.7 Å². The molecular weight excluding hydrogens is 292 g/mol. The van der Waals surface area contributed by atoms with Crippen molar-refractivity contribution in [3.8, 4) is 0 Å². The molecule has 0 saturated heterocycles. The Bertz CT molecular complexity index is 654. The van der Waals surface area contributed by atoms with Crippen molar-refractivity contribution < 1.29 is 4.79 Å². The second-order valence-corrected chi connectivity index (χ2v) is 4.92. The molecule has 0 saturated carbocycles. The predicted molar refractivity (Wildman–Crippen MR) is 80.8 cm³/mol. The van der Waals surface area contributed by atoms with Crippen LogP contribution in [0.15, 0.2) is 18.5 Å². The number of amides is 1. The van der Waals surface area contributed by atoms with Crippen LogP contribution in [0.5, 0.6) is 0 Å². The third-order valence-corrected chi connectivity index (χ3v) is 3.29. The smallest absolute Gasteiger partial charge is 0.253 e. The highest BCUT2D eigenvalue weighted by atomic mass is 35.5. The maximum atomic E-state index is 12.1. The monoisotopic (exact) mass is 308 g/mol. The zero-order chi connectivity index (χ0) is 15.4. The van der Waals surface area contributed by atoms with Crippen molar-refractivity contribution in [1.82, 2.24) is 20.1 Å². The number of aryl methyl sites for hydroxylation is 2. The van der Waals surface area contributed by atoms with Gasteiger partial charge >= 0.3 is 0 Å². The van der Waals surface area contributed by atoms with Crippen LogP contribution in [-0.2, 0) is 20.0 Å². The van der Waals surface area contributed by atoms with Gasteiger partial charge in [0.25, 0.3) is 5.91 Å². The van der Waals surface area contributed by atoms with Gasteiger partial charge in [-0.2, -0.15) is 5.10 Å². The predicted octanol–water partition coefficient (Wildman–Crippen LogP) is 1.25. The summed E-state index contributed by atoms with van der Waals surface area (Å²) in [5, 5.41) is 7.44. The van der Waals surface area contributed by atoms with Gasteiger partial charge in [-0.3, -0.25) is 9.48 Å². The van der Waals surface area contributed by atoms with Crippen molar-refractivity contribution in [2.75, 3.05) is 5.43 Å². The average molecular weight is 309 g/mol. The Morgan fingerprint density at radius 1 is 1.52 bits per heavy atom. The Morgan fingerprint density at radius 2 is 2.29 bits per heavy atom. The third kappa shape index (κ3) is 3.50. The molecule has 0 bridgehead atoms. The molecular formula is C13H17ClN6O. The van der Waals surface area contributed by atoms with Gasteiger partial charge in [0.2, 0.25) is 0 Å². The van der Waals surface area contributed by atoms with Crippen LogP contribution in [0.1, 0.15) is 28.5 Å². The Hall–Kier alpha value is -2.12. The van der Waals surface area contributed by atoms with Gasteiger partial charge in [0.05, 0.1) is 16.3 Å². The molecule has 0 fully saturated rings. The molecule has 21 heavy (non-hydrogen) atoms. The number of nitrogens with two attached hydrogens (primary N) is 1. The first-order chi connectivity index (χ1) is 10.0. The fourth-order valence-corrected chi connectivity index (χ4v) is 2.20. The van der Waals surface area contributed by atoms with E-state index in [-0.39, 0.29) is 5.91 Å². The van der Waals surface area contributed by atoms with Crippen LogP contribution in [0.2, 0.25) is 5.02 Å². The maximum Gasteiger partial charge on any atom is 0.253 e. The Kier molecular flexibility index (Phi) is 4.77. The van der Waals surface area contributed by atoms with E-state index in [9.17, 15) is 4.79 Å². The van der Waals surface area contributed by atoms with Crippen LogP contribution in [0.4, 0.5) is 5.82 Å². The molecule has 7 nitrogen and oxygen atoms in total. The van der Waals surface area contributed by atoms with Gasteiger partial charge in [-0.05, 0) is 12.5 Å². The molecule has 0 aromatic carbocycles. The molecule has 2 aromatic heterocycles. The van der Waals surface area contributed by atoms with Crippen LogP contribution < -0.4 is 16.6 Å². The van der Waals surface area contributed by atoms with Crippen molar-refractivity contribution in [2.24, 2.45) is 12.9 Å². The van der Waals surface area contributed by atoms with Gasteiger partial charge < -0.3 is 10.7 Å². The lowest BCUT2D eigenvalue weighted by Gasteiger charge is -2.07. The number of nitrogen functional groups attached to an aromatic ring is 1. The number of carbonyl (C=O) groups is 1. The molecule has 0 spiro atoms. The summed E-state index contributed by atoms with van der Waals surface area (Å²) in [5.41, 5.74) is 4.69. The molecule has 8 heteroatoms. The molecule has 2 aromatic rings. The van der Waals surface area contributed by atoms with E-state index < -0.39 is 0 Å². The second-order valence-electron chi connectivity index (χ2n) is 4.51. The van der Waals surface area contributed by atoms with E-state index in [0.717, 1.165) is 17.7 Å². The number of anilines is 1. The molecule has 2 heterocycles. The molecule has 0 aliphatic rings. The molecule has 0 atom stereocenters. The van der Waals surface area contributed by atoms with Gasteiger partial charge in [0.15, 0.2) is 5.82 Å². The number of rotatable bonds is 5. The van der Waals surface area contributed by atoms with E-state index >= 15 is 0 Å². The highest BCUT2D eigenvalue weighted by Crippen LogP contribution is 2.19. The van der Waals surface area contributed by atoms with Gasteiger partial charge in [0.1, 0.15) is 0 Å². The van der Waals surface area contributed by atoms with E-state index in [1.54, 1.807) is 4.68 Å². The molecule has 2 rings (SSSR count). The highest BCUT2D eigenvalue weighted by Gasteiger charge is 2.11. The molecule has 0 unspecified atom stereocenters. The summed E-state index contributed by atoms with van der Waals surface area (Å²) in [4.78, 5) is 16.1. The van der Waals surface area contributed by atoms with Gasteiger partial charge in [-0.15, -0.1) is 0 Å². The third-order valence-electron chi connectivity index (χ3n) is 3.01. The molecule has 1 amide bonds. The van der Waals surface area contributed by atoms with Gasteiger partial charge in [-0.1, -0.05) is 18.5 Å². The fourth-order valence-electron chi connectivity index (χ4n) is 1.97. The number of nitrogens with one attached hydrogen (secondary N) is 2.